The fourth-order valence-corrected chi connectivity index (χ4v) is 4.61. The Morgan fingerprint density at radius 2 is 1.71 bits per heavy atom. The highest BCUT2D eigenvalue weighted by Crippen LogP contribution is 2.44. The number of hydrogen-bond donors (Lipinski definition) is 3. The molecule has 0 unspecified atom stereocenters. The van der Waals surface area contributed by atoms with E-state index in [-0.39, 0.29) is 18.4 Å². The molecule has 1 saturated carbocycles. The van der Waals surface area contributed by atoms with Gasteiger partial charge in [0.15, 0.2) is 0 Å². The third kappa shape index (κ3) is 4.70. The van der Waals surface area contributed by atoms with Gasteiger partial charge in [-0.15, -0.1) is 0 Å². The molecule has 0 radical (unpaired) electrons. The first-order chi connectivity index (χ1) is 17.1. The summed E-state index contributed by atoms with van der Waals surface area (Å²) in [6.07, 6.45) is 2.32. The van der Waals surface area contributed by atoms with Crippen molar-refractivity contribution in [3.8, 4) is 11.1 Å². The number of amides is 2. The number of carbonyl (C=O) groups is 2. The highest BCUT2D eigenvalue weighted by Gasteiger charge is 2.26. The van der Waals surface area contributed by atoms with Gasteiger partial charge in [-0.25, -0.2) is 0 Å². The molecule has 6 nitrogen and oxygen atoms in total. The van der Waals surface area contributed by atoms with E-state index >= 15 is 0 Å². The molecule has 1 fully saturated rings. The van der Waals surface area contributed by atoms with Crippen molar-refractivity contribution >= 4 is 22.7 Å². The zero-order valence-electron chi connectivity index (χ0n) is 19.8. The van der Waals surface area contributed by atoms with E-state index in [1.807, 2.05) is 65.2 Å². The summed E-state index contributed by atoms with van der Waals surface area (Å²) in [5, 5.41) is 16.3. The molecule has 1 aromatic heterocycles. The zero-order valence-corrected chi connectivity index (χ0v) is 19.8. The lowest BCUT2D eigenvalue weighted by Gasteiger charge is -2.12. The number of nitrogens with one attached hydrogen (secondary N) is 2. The largest absolute Gasteiger partial charge is 0.395 e. The Balaban J connectivity index is 1.50. The second kappa shape index (κ2) is 9.76. The van der Waals surface area contributed by atoms with E-state index < -0.39 is 0 Å². The molecule has 1 heterocycles. The van der Waals surface area contributed by atoms with E-state index in [4.69, 9.17) is 0 Å². The number of nitrogens with zero attached hydrogens (tertiary/aromatic N) is 1. The van der Waals surface area contributed by atoms with Gasteiger partial charge in [-0.1, -0.05) is 48.5 Å². The van der Waals surface area contributed by atoms with Crippen molar-refractivity contribution in [1.29, 1.82) is 0 Å². The van der Waals surface area contributed by atoms with Crippen LogP contribution < -0.4 is 10.6 Å². The van der Waals surface area contributed by atoms with Crippen LogP contribution in [0, 0.1) is 0 Å². The summed E-state index contributed by atoms with van der Waals surface area (Å²) >= 11 is 0. The highest BCUT2D eigenvalue weighted by atomic mass is 16.3. The van der Waals surface area contributed by atoms with Crippen LogP contribution >= 0.6 is 0 Å². The molecule has 3 aromatic carbocycles. The Kier molecular flexibility index (Phi) is 6.38. The predicted molar refractivity (Wildman–Crippen MR) is 137 cm³/mol. The monoisotopic (exact) mass is 467 g/mol. The maximum atomic E-state index is 12.7. The number of rotatable bonds is 8. The fourth-order valence-electron chi connectivity index (χ4n) is 4.61. The summed E-state index contributed by atoms with van der Waals surface area (Å²) in [6, 6.07) is 23.7. The minimum atomic E-state index is -0.181. The maximum Gasteiger partial charge on any atom is 0.267 e. The summed E-state index contributed by atoms with van der Waals surface area (Å²) in [7, 11) is 1.61. The Morgan fingerprint density at radius 1 is 0.971 bits per heavy atom. The SMILES string of the molecule is CNC(=O)c1cc2c(-c3ccc(C(=O)NCc4ccccc4)cc3)cc(C3CC3)cc2n1CCO. The van der Waals surface area contributed by atoms with Crippen molar-refractivity contribution in [3.63, 3.8) is 0 Å². The number of carbonyl (C=O) groups excluding carboxylic acids is 2. The van der Waals surface area contributed by atoms with E-state index in [2.05, 4.69) is 22.8 Å². The molecule has 3 N–H and O–H groups in total. The second-order valence-electron chi connectivity index (χ2n) is 9.01. The van der Waals surface area contributed by atoms with Crippen LogP contribution in [0.25, 0.3) is 22.0 Å². The molecule has 6 heteroatoms. The molecule has 0 spiro atoms. The molecule has 4 aromatic rings. The second-order valence-corrected chi connectivity index (χ2v) is 9.01. The molecule has 0 atom stereocenters. The molecule has 1 aliphatic carbocycles. The third-order valence-electron chi connectivity index (χ3n) is 6.63. The molecular weight excluding hydrogens is 438 g/mol. The van der Waals surface area contributed by atoms with Gasteiger partial charge in [0, 0.05) is 36.6 Å². The quantitative estimate of drug-likeness (QED) is 0.358. The zero-order chi connectivity index (χ0) is 24.4. The van der Waals surface area contributed by atoms with Crippen LogP contribution in [0.4, 0.5) is 0 Å². The number of fused-ring (bicyclic) bond motifs is 1. The Morgan fingerprint density at radius 3 is 2.37 bits per heavy atom. The molecule has 5 rings (SSSR count). The van der Waals surface area contributed by atoms with Crippen LogP contribution in [0.5, 0.6) is 0 Å². The lowest BCUT2D eigenvalue weighted by Crippen LogP contribution is -2.22. The molecular formula is C29H29N3O3. The lowest BCUT2D eigenvalue weighted by molar-refractivity contribution is 0.0944. The van der Waals surface area contributed by atoms with E-state index in [1.165, 1.54) is 5.56 Å². The highest BCUT2D eigenvalue weighted by molar-refractivity contribution is 6.04. The summed E-state index contributed by atoms with van der Waals surface area (Å²) < 4.78 is 1.90. The first kappa shape index (κ1) is 22.9. The Hall–Kier alpha value is -3.90. The summed E-state index contributed by atoms with van der Waals surface area (Å²) in [4.78, 5) is 25.3. The van der Waals surface area contributed by atoms with Gasteiger partial charge in [-0.3, -0.25) is 9.59 Å². The van der Waals surface area contributed by atoms with E-state index in [0.29, 0.717) is 30.3 Å². The molecule has 0 saturated heterocycles. The van der Waals surface area contributed by atoms with Gasteiger partial charge < -0.3 is 20.3 Å². The van der Waals surface area contributed by atoms with Gasteiger partial charge in [0.1, 0.15) is 5.69 Å². The van der Waals surface area contributed by atoms with Gasteiger partial charge in [-0.05, 0) is 65.3 Å². The number of aliphatic hydroxyl groups is 1. The van der Waals surface area contributed by atoms with E-state index in [1.54, 1.807) is 7.05 Å². The Labute approximate surface area is 204 Å². The van der Waals surface area contributed by atoms with Crippen molar-refractivity contribution in [1.82, 2.24) is 15.2 Å². The predicted octanol–water partition coefficient (Wildman–Crippen LogP) is 4.47. The van der Waals surface area contributed by atoms with Gasteiger partial charge in [0.2, 0.25) is 0 Å². The van der Waals surface area contributed by atoms with Crippen LogP contribution in [0.15, 0.2) is 72.8 Å². The normalized spacial score (nSPS) is 13.1. The molecule has 1 aliphatic rings. The van der Waals surface area contributed by atoms with Crippen molar-refractivity contribution in [2.75, 3.05) is 13.7 Å². The average Bonchev–Trinajstić information content (AvgIpc) is 3.69. The standard InChI is InChI=1S/C29H29N3O3/c1-30-29(35)27-17-25-24(15-23(20-7-8-20)16-26(25)32(27)13-14-33)21-9-11-22(12-10-21)28(34)31-18-19-5-3-2-4-6-19/h2-6,9-12,15-17,20,33H,7-8,13-14,18H2,1H3,(H,30,35)(H,31,34). The Bertz CT molecular complexity index is 1370. The molecule has 178 valence electrons. The molecule has 2 amide bonds. The maximum absolute atomic E-state index is 12.7. The van der Waals surface area contributed by atoms with Crippen LogP contribution in [0.1, 0.15) is 50.7 Å². The van der Waals surface area contributed by atoms with Crippen LogP contribution in [0.2, 0.25) is 0 Å². The van der Waals surface area contributed by atoms with Crippen LogP contribution in [-0.4, -0.2) is 35.1 Å². The van der Waals surface area contributed by atoms with Crippen LogP contribution in [0.3, 0.4) is 0 Å². The first-order valence-electron chi connectivity index (χ1n) is 12.0. The van der Waals surface area contributed by atoms with Gasteiger partial charge in [-0.2, -0.15) is 0 Å². The van der Waals surface area contributed by atoms with E-state index in [0.717, 1.165) is 40.4 Å². The van der Waals surface area contributed by atoms with Crippen molar-refractivity contribution in [2.24, 2.45) is 0 Å². The molecule has 35 heavy (non-hydrogen) atoms. The van der Waals surface area contributed by atoms with Gasteiger partial charge in [0.05, 0.1) is 6.61 Å². The number of benzene rings is 3. The average molecular weight is 468 g/mol. The number of hydrogen-bond acceptors (Lipinski definition) is 3. The van der Waals surface area contributed by atoms with Crippen LogP contribution in [-0.2, 0) is 13.1 Å². The summed E-state index contributed by atoms with van der Waals surface area (Å²) in [5.41, 5.74) is 6.39. The minimum absolute atomic E-state index is 0.0520. The summed E-state index contributed by atoms with van der Waals surface area (Å²) in [5.74, 6) is 0.231. The van der Waals surface area contributed by atoms with Crippen molar-refractivity contribution in [3.05, 3.63) is 95.2 Å². The van der Waals surface area contributed by atoms with E-state index in [9.17, 15) is 14.7 Å². The van der Waals surface area contributed by atoms with Crippen molar-refractivity contribution < 1.29 is 14.7 Å². The minimum Gasteiger partial charge on any atom is -0.395 e. The topological polar surface area (TPSA) is 83.4 Å². The smallest absolute Gasteiger partial charge is 0.267 e. The fraction of sp³-hybridized carbons (Fsp3) is 0.241. The number of aliphatic hydroxyl groups excluding tert-OH is 1. The van der Waals surface area contributed by atoms with Crippen molar-refractivity contribution in [2.45, 2.75) is 31.8 Å². The number of aromatic nitrogens is 1. The van der Waals surface area contributed by atoms with Gasteiger partial charge >= 0.3 is 0 Å². The third-order valence-corrected chi connectivity index (χ3v) is 6.63. The first-order valence-corrected chi connectivity index (χ1v) is 12.0. The molecule has 0 bridgehead atoms. The van der Waals surface area contributed by atoms with Gasteiger partial charge in [0.25, 0.3) is 11.8 Å². The lowest BCUT2D eigenvalue weighted by atomic mass is 9.96. The molecule has 0 aliphatic heterocycles. The summed E-state index contributed by atoms with van der Waals surface area (Å²) in [6.45, 7) is 0.774.